The van der Waals surface area contributed by atoms with E-state index >= 15 is 0 Å². The van der Waals surface area contributed by atoms with Crippen LogP contribution in [0.1, 0.15) is 16.2 Å². The summed E-state index contributed by atoms with van der Waals surface area (Å²) in [5.74, 6) is -1.45. The molecule has 8 heteroatoms. The summed E-state index contributed by atoms with van der Waals surface area (Å²) in [5.41, 5.74) is 0.847. The lowest BCUT2D eigenvalue weighted by molar-refractivity contribution is -0.114. The molecule has 0 aliphatic heterocycles. The van der Waals surface area contributed by atoms with E-state index in [9.17, 15) is 9.59 Å². The first kappa shape index (κ1) is 12.8. The van der Waals surface area contributed by atoms with Crippen molar-refractivity contribution < 1.29 is 9.59 Å². The van der Waals surface area contributed by atoms with E-state index in [2.05, 4.69) is 20.6 Å². The highest BCUT2D eigenvalue weighted by molar-refractivity contribution is 7.20. The molecule has 0 unspecified atom stereocenters. The Hall–Kier alpha value is -2.19. The summed E-state index contributed by atoms with van der Waals surface area (Å²) in [4.78, 5) is 25.9. The summed E-state index contributed by atoms with van der Waals surface area (Å²) < 4.78 is 0. The van der Waals surface area contributed by atoms with Crippen LogP contribution in [0.4, 0.5) is 0 Å². The van der Waals surface area contributed by atoms with Gasteiger partial charge in [0.2, 0.25) is 11.6 Å². The number of carbonyl (C=O) groups excluding carboxylic acids is 2. The van der Waals surface area contributed by atoms with E-state index < -0.39 is 11.6 Å². The first-order valence-corrected chi connectivity index (χ1v) is 7.43. The van der Waals surface area contributed by atoms with Crippen molar-refractivity contribution in [3.63, 3.8) is 0 Å². The van der Waals surface area contributed by atoms with Gasteiger partial charge in [-0.3, -0.25) is 9.59 Å². The van der Waals surface area contributed by atoms with Gasteiger partial charge in [-0.1, -0.05) is 6.07 Å². The quantitative estimate of drug-likeness (QED) is 0.575. The molecule has 0 aromatic carbocycles. The molecule has 3 aromatic heterocycles. The number of ketones is 2. The molecule has 0 atom stereocenters. The van der Waals surface area contributed by atoms with E-state index in [1.807, 2.05) is 29.0 Å². The number of thiophene rings is 2. The Labute approximate surface area is 121 Å². The van der Waals surface area contributed by atoms with Gasteiger partial charge in [0.25, 0.3) is 5.78 Å². The minimum Gasteiger partial charge on any atom is -0.290 e. The number of nitrogens with zero attached hydrogens (tertiary/aromatic N) is 3. The summed E-state index contributed by atoms with van der Waals surface area (Å²) in [6, 6.07) is 5.81. The van der Waals surface area contributed by atoms with Gasteiger partial charge < -0.3 is 0 Å². The SMILES string of the molecule is O=C(Cc1ccsc1-c1cccs1)C(=O)c1nn[nH]n1. The molecule has 0 spiro atoms. The average Bonchev–Trinajstić information content (AvgIpc) is 3.19. The number of H-pyrrole nitrogens is 1. The Morgan fingerprint density at radius 3 is 2.80 bits per heavy atom. The predicted octanol–water partition coefficient (Wildman–Crippen LogP) is 1.98. The smallest absolute Gasteiger partial charge is 0.269 e. The van der Waals surface area contributed by atoms with Crippen LogP contribution in [0.5, 0.6) is 0 Å². The van der Waals surface area contributed by atoms with Crippen molar-refractivity contribution in [3.8, 4) is 9.75 Å². The van der Waals surface area contributed by atoms with Gasteiger partial charge >= 0.3 is 0 Å². The summed E-state index contributed by atoms with van der Waals surface area (Å²) in [6.45, 7) is 0. The third-order valence-electron chi connectivity index (χ3n) is 2.64. The van der Waals surface area contributed by atoms with Crippen molar-refractivity contribution >= 4 is 34.2 Å². The number of rotatable bonds is 5. The second kappa shape index (κ2) is 5.43. The molecule has 0 saturated carbocycles. The zero-order valence-corrected chi connectivity index (χ0v) is 11.7. The topological polar surface area (TPSA) is 88.6 Å². The van der Waals surface area contributed by atoms with Crippen molar-refractivity contribution in [2.75, 3.05) is 0 Å². The van der Waals surface area contributed by atoms with E-state index in [1.165, 1.54) is 0 Å². The van der Waals surface area contributed by atoms with E-state index in [0.29, 0.717) is 0 Å². The van der Waals surface area contributed by atoms with Crippen molar-refractivity contribution in [2.45, 2.75) is 6.42 Å². The molecule has 0 fully saturated rings. The van der Waals surface area contributed by atoms with Gasteiger partial charge in [0.05, 0.1) is 0 Å². The second-order valence-electron chi connectivity index (χ2n) is 3.92. The molecular weight excluding hydrogens is 296 g/mol. The van der Waals surface area contributed by atoms with Crippen LogP contribution in [0.15, 0.2) is 29.0 Å². The van der Waals surface area contributed by atoms with E-state index in [4.69, 9.17) is 0 Å². The lowest BCUT2D eigenvalue weighted by atomic mass is 10.1. The predicted molar refractivity (Wildman–Crippen MR) is 74.9 cm³/mol. The van der Waals surface area contributed by atoms with Crippen LogP contribution in [-0.4, -0.2) is 32.2 Å². The minimum absolute atomic E-state index is 0.0457. The third kappa shape index (κ3) is 2.43. The van der Waals surface area contributed by atoms with Crippen LogP contribution >= 0.6 is 22.7 Å². The van der Waals surface area contributed by atoms with Gasteiger partial charge in [-0.05, 0) is 33.7 Å². The molecule has 0 radical (unpaired) electrons. The van der Waals surface area contributed by atoms with Gasteiger partial charge in [-0.25, -0.2) is 0 Å². The van der Waals surface area contributed by atoms with Gasteiger partial charge in [0, 0.05) is 16.2 Å². The van der Waals surface area contributed by atoms with E-state index in [1.54, 1.807) is 22.7 Å². The molecule has 3 heterocycles. The van der Waals surface area contributed by atoms with Gasteiger partial charge in [0.1, 0.15) is 0 Å². The Bertz CT molecular complexity index is 731. The van der Waals surface area contributed by atoms with Crippen molar-refractivity contribution in [3.05, 3.63) is 40.3 Å². The number of hydrogen-bond donors (Lipinski definition) is 1. The first-order chi connectivity index (χ1) is 9.75. The van der Waals surface area contributed by atoms with Gasteiger partial charge in [0.15, 0.2) is 0 Å². The Morgan fingerprint density at radius 2 is 2.10 bits per heavy atom. The van der Waals surface area contributed by atoms with Gasteiger partial charge in [-0.2, -0.15) is 5.21 Å². The van der Waals surface area contributed by atoms with Crippen LogP contribution in [0.2, 0.25) is 0 Å². The molecule has 0 saturated heterocycles. The summed E-state index contributed by atoms with van der Waals surface area (Å²) in [6.07, 6.45) is 0.0457. The molecule has 3 rings (SSSR count). The number of aromatic nitrogens is 4. The van der Waals surface area contributed by atoms with E-state index in [0.717, 1.165) is 15.3 Å². The standard InChI is InChI=1S/C12H8N4O2S2/c17-8(10(18)12-13-15-16-14-12)6-7-3-5-20-11(7)9-2-1-4-19-9/h1-5H,6H2,(H,13,14,15,16). The summed E-state index contributed by atoms with van der Waals surface area (Å²) in [7, 11) is 0. The summed E-state index contributed by atoms with van der Waals surface area (Å²) in [5, 5.41) is 16.4. The molecule has 20 heavy (non-hydrogen) atoms. The van der Waals surface area contributed by atoms with Crippen molar-refractivity contribution in [1.29, 1.82) is 0 Å². The van der Waals surface area contributed by atoms with Crippen LogP contribution in [0, 0.1) is 0 Å². The van der Waals surface area contributed by atoms with E-state index in [-0.39, 0.29) is 12.2 Å². The summed E-state index contributed by atoms with van der Waals surface area (Å²) >= 11 is 3.16. The second-order valence-corrected chi connectivity index (χ2v) is 5.78. The number of hydrogen-bond acceptors (Lipinski definition) is 7. The van der Waals surface area contributed by atoms with Crippen LogP contribution < -0.4 is 0 Å². The maximum absolute atomic E-state index is 12.0. The molecule has 0 aliphatic carbocycles. The Kier molecular flexibility index (Phi) is 3.48. The highest BCUT2D eigenvalue weighted by Gasteiger charge is 2.22. The third-order valence-corrected chi connectivity index (χ3v) is 4.65. The Morgan fingerprint density at radius 1 is 1.20 bits per heavy atom. The zero-order chi connectivity index (χ0) is 13.9. The largest absolute Gasteiger partial charge is 0.290 e. The number of Topliss-reactive ketones (excluding diaryl/α,β-unsaturated/α-hetero) is 2. The maximum atomic E-state index is 12.0. The highest BCUT2D eigenvalue weighted by atomic mass is 32.1. The van der Waals surface area contributed by atoms with Gasteiger partial charge in [-0.15, -0.1) is 32.9 Å². The lowest BCUT2D eigenvalue weighted by Crippen LogP contribution is -2.18. The number of carbonyl (C=O) groups is 2. The van der Waals surface area contributed by atoms with Crippen LogP contribution in [0.3, 0.4) is 0 Å². The lowest BCUT2D eigenvalue weighted by Gasteiger charge is -1.99. The number of aromatic amines is 1. The highest BCUT2D eigenvalue weighted by Crippen LogP contribution is 2.33. The fourth-order valence-corrected chi connectivity index (χ4v) is 3.57. The van der Waals surface area contributed by atoms with Crippen LogP contribution in [0.25, 0.3) is 9.75 Å². The Balaban J connectivity index is 1.81. The molecular formula is C12H8N4O2S2. The number of tetrazole rings is 1. The normalized spacial score (nSPS) is 10.6. The monoisotopic (exact) mass is 304 g/mol. The average molecular weight is 304 g/mol. The molecule has 1 N–H and O–H groups in total. The molecule has 6 nitrogen and oxygen atoms in total. The molecule has 0 bridgehead atoms. The number of nitrogens with one attached hydrogen (secondary N) is 1. The fraction of sp³-hybridized carbons (Fsp3) is 0.0833. The maximum Gasteiger partial charge on any atom is 0.269 e. The molecule has 3 aromatic rings. The molecule has 100 valence electrons. The van der Waals surface area contributed by atoms with Crippen molar-refractivity contribution in [2.24, 2.45) is 0 Å². The van der Waals surface area contributed by atoms with Crippen molar-refractivity contribution in [1.82, 2.24) is 20.6 Å². The zero-order valence-electron chi connectivity index (χ0n) is 10.1. The van der Waals surface area contributed by atoms with Crippen LogP contribution in [-0.2, 0) is 11.2 Å². The molecule has 0 aliphatic rings. The minimum atomic E-state index is -0.720. The molecule has 0 amide bonds. The first-order valence-electron chi connectivity index (χ1n) is 5.67. The fourth-order valence-electron chi connectivity index (χ4n) is 1.73.